The summed E-state index contributed by atoms with van der Waals surface area (Å²) in [5.74, 6) is 0.471. The highest BCUT2D eigenvalue weighted by Gasteiger charge is 2.22. The molecule has 20 heavy (non-hydrogen) atoms. The number of nitrogens with zero attached hydrogens (tertiary/aromatic N) is 2. The van der Waals surface area contributed by atoms with Crippen molar-refractivity contribution in [2.75, 3.05) is 0 Å². The molecule has 0 aromatic rings. The number of hydrogen-bond donors (Lipinski definition) is 0. The molecular formula is C17H25ClN2. The van der Waals surface area contributed by atoms with E-state index in [4.69, 9.17) is 16.6 Å². The summed E-state index contributed by atoms with van der Waals surface area (Å²) >= 11 is 6.49. The van der Waals surface area contributed by atoms with Crippen LogP contribution in [-0.2, 0) is 0 Å². The minimum Gasteiger partial charge on any atom is -0.278 e. The standard InChI is InChI=1S/C17H25ClN2/c1-4-12(3)15(5-2)16-17(18)20-14-9-7-6-8-13(19-16)10-11-14/h5,11-13H,4,6-10H2,1-3H3/b14-11-,15-5+,19-16?,20-17?. The van der Waals surface area contributed by atoms with Crippen molar-refractivity contribution in [3.05, 3.63) is 23.4 Å². The third-order valence-electron chi connectivity index (χ3n) is 4.32. The fourth-order valence-corrected chi connectivity index (χ4v) is 3.15. The number of rotatable bonds is 3. The van der Waals surface area contributed by atoms with E-state index in [0.29, 0.717) is 17.1 Å². The van der Waals surface area contributed by atoms with E-state index in [1.165, 1.54) is 18.4 Å². The molecule has 0 saturated carbocycles. The van der Waals surface area contributed by atoms with Crippen LogP contribution in [0.4, 0.5) is 0 Å². The Bertz CT molecular complexity index is 471. The van der Waals surface area contributed by atoms with Crippen LogP contribution in [0.1, 0.15) is 59.3 Å². The van der Waals surface area contributed by atoms with E-state index in [9.17, 15) is 0 Å². The van der Waals surface area contributed by atoms with Crippen LogP contribution in [0.15, 0.2) is 33.4 Å². The lowest BCUT2D eigenvalue weighted by molar-refractivity contribution is 0.551. The predicted molar refractivity (Wildman–Crippen MR) is 88.9 cm³/mol. The zero-order chi connectivity index (χ0) is 14.5. The summed E-state index contributed by atoms with van der Waals surface area (Å²) in [6, 6.07) is 0.364. The van der Waals surface area contributed by atoms with Gasteiger partial charge < -0.3 is 0 Å². The van der Waals surface area contributed by atoms with Crippen molar-refractivity contribution in [1.29, 1.82) is 0 Å². The summed E-state index contributed by atoms with van der Waals surface area (Å²) in [6.45, 7) is 6.51. The van der Waals surface area contributed by atoms with E-state index >= 15 is 0 Å². The molecule has 0 aromatic carbocycles. The molecule has 0 amide bonds. The molecule has 1 heterocycles. The largest absolute Gasteiger partial charge is 0.278 e. The van der Waals surface area contributed by atoms with Crippen molar-refractivity contribution >= 4 is 22.5 Å². The van der Waals surface area contributed by atoms with Crippen LogP contribution in [-0.4, -0.2) is 16.9 Å². The molecule has 0 spiro atoms. The van der Waals surface area contributed by atoms with E-state index in [2.05, 4.69) is 37.9 Å². The number of fused-ring (bicyclic) bond motifs is 2. The first-order valence-corrected chi connectivity index (χ1v) is 8.21. The maximum atomic E-state index is 6.49. The third kappa shape index (κ3) is 3.60. The first-order valence-electron chi connectivity index (χ1n) is 7.83. The van der Waals surface area contributed by atoms with Gasteiger partial charge in [-0.2, -0.15) is 0 Å². The zero-order valence-corrected chi connectivity index (χ0v) is 13.6. The van der Waals surface area contributed by atoms with Gasteiger partial charge in [0.15, 0.2) is 5.17 Å². The first kappa shape index (κ1) is 15.5. The molecule has 2 aliphatic rings. The second-order valence-electron chi connectivity index (χ2n) is 5.76. The summed E-state index contributed by atoms with van der Waals surface area (Å²) in [7, 11) is 0. The molecule has 110 valence electrons. The lowest BCUT2D eigenvalue weighted by Gasteiger charge is -2.22. The van der Waals surface area contributed by atoms with Crippen LogP contribution in [0.5, 0.6) is 0 Å². The average Bonchev–Trinajstić information content (AvgIpc) is 2.42. The molecule has 0 saturated heterocycles. The highest BCUT2D eigenvalue weighted by Crippen LogP contribution is 2.26. The third-order valence-corrected chi connectivity index (χ3v) is 4.59. The van der Waals surface area contributed by atoms with Crippen molar-refractivity contribution in [2.45, 2.75) is 65.3 Å². The van der Waals surface area contributed by atoms with E-state index in [1.807, 2.05) is 0 Å². The topological polar surface area (TPSA) is 24.7 Å². The van der Waals surface area contributed by atoms with Crippen LogP contribution < -0.4 is 0 Å². The average molecular weight is 293 g/mol. The highest BCUT2D eigenvalue weighted by atomic mass is 35.5. The van der Waals surface area contributed by atoms with Gasteiger partial charge in [-0.15, -0.1) is 0 Å². The summed E-state index contributed by atoms with van der Waals surface area (Å²) in [5, 5.41) is 0.580. The van der Waals surface area contributed by atoms with Gasteiger partial charge in [0.05, 0.1) is 11.8 Å². The maximum absolute atomic E-state index is 6.49. The van der Waals surface area contributed by atoms with Gasteiger partial charge in [-0.3, -0.25) is 4.99 Å². The van der Waals surface area contributed by atoms with Crippen LogP contribution >= 0.6 is 11.6 Å². The number of hydrogen-bond acceptors (Lipinski definition) is 2. The Morgan fingerprint density at radius 3 is 3.00 bits per heavy atom. The van der Waals surface area contributed by atoms with E-state index < -0.39 is 0 Å². The molecule has 1 aliphatic heterocycles. The lowest BCUT2D eigenvalue weighted by atomic mass is 9.92. The smallest absolute Gasteiger partial charge is 0.154 e. The molecule has 0 radical (unpaired) electrons. The Balaban J connectivity index is 2.42. The first-order chi connectivity index (χ1) is 9.65. The monoisotopic (exact) mass is 292 g/mol. The van der Waals surface area contributed by atoms with Crippen molar-refractivity contribution in [3.63, 3.8) is 0 Å². The Kier molecular flexibility index (Phi) is 5.59. The van der Waals surface area contributed by atoms with Gasteiger partial charge >= 0.3 is 0 Å². The highest BCUT2D eigenvalue weighted by molar-refractivity contribution is 6.85. The SMILES string of the molecule is C/C=C(/C1=NC2C/C=C(/CCCC2)N=C1Cl)C(C)CC. The minimum absolute atomic E-state index is 0.364. The summed E-state index contributed by atoms with van der Waals surface area (Å²) in [4.78, 5) is 9.59. The van der Waals surface area contributed by atoms with Gasteiger partial charge in [0.1, 0.15) is 0 Å². The second-order valence-corrected chi connectivity index (χ2v) is 6.12. The Morgan fingerprint density at radius 1 is 1.50 bits per heavy atom. The molecular weight excluding hydrogens is 268 g/mol. The van der Waals surface area contributed by atoms with Crippen molar-refractivity contribution in [3.8, 4) is 0 Å². The normalized spacial score (nSPS) is 28.3. The molecule has 2 unspecified atom stereocenters. The molecule has 2 bridgehead atoms. The van der Waals surface area contributed by atoms with E-state index in [-0.39, 0.29) is 0 Å². The molecule has 0 N–H and O–H groups in total. The predicted octanol–water partition coefficient (Wildman–Crippen LogP) is 5.29. The molecule has 2 atom stereocenters. The maximum Gasteiger partial charge on any atom is 0.154 e. The van der Waals surface area contributed by atoms with Gasteiger partial charge in [-0.25, -0.2) is 4.99 Å². The molecule has 1 aliphatic carbocycles. The number of halogens is 1. The molecule has 2 rings (SSSR count). The van der Waals surface area contributed by atoms with E-state index in [1.54, 1.807) is 0 Å². The van der Waals surface area contributed by atoms with Gasteiger partial charge in [-0.1, -0.05) is 44.0 Å². The van der Waals surface area contributed by atoms with Crippen molar-refractivity contribution in [2.24, 2.45) is 15.9 Å². The van der Waals surface area contributed by atoms with Crippen LogP contribution in [0.25, 0.3) is 0 Å². The van der Waals surface area contributed by atoms with Crippen molar-refractivity contribution in [1.82, 2.24) is 0 Å². The number of allylic oxidation sites excluding steroid dienone is 3. The quantitative estimate of drug-likeness (QED) is 0.675. The lowest BCUT2D eigenvalue weighted by Crippen LogP contribution is -2.22. The van der Waals surface area contributed by atoms with Crippen LogP contribution in [0.3, 0.4) is 0 Å². The van der Waals surface area contributed by atoms with Crippen molar-refractivity contribution < 1.29 is 0 Å². The summed E-state index contributed by atoms with van der Waals surface area (Å²) in [6.07, 6.45) is 11.1. The molecule has 2 nitrogen and oxygen atoms in total. The fourth-order valence-electron chi connectivity index (χ4n) is 2.88. The molecule has 3 heteroatoms. The minimum atomic E-state index is 0.364. The Labute approximate surface area is 127 Å². The number of aliphatic imine (C=N–C) groups is 2. The Hall–Kier alpha value is -0.890. The van der Waals surface area contributed by atoms with Gasteiger partial charge in [0.25, 0.3) is 0 Å². The Morgan fingerprint density at radius 2 is 2.30 bits per heavy atom. The molecule has 0 fully saturated rings. The van der Waals surface area contributed by atoms with E-state index in [0.717, 1.165) is 37.1 Å². The zero-order valence-electron chi connectivity index (χ0n) is 12.8. The van der Waals surface area contributed by atoms with Gasteiger partial charge in [0, 0.05) is 5.70 Å². The fraction of sp³-hybridized carbons (Fsp3) is 0.647. The van der Waals surface area contributed by atoms with Crippen LogP contribution in [0, 0.1) is 5.92 Å². The van der Waals surface area contributed by atoms with Gasteiger partial charge in [-0.05, 0) is 50.5 Å². The van der Waals surface area contributed by atoms with Crippen LogP contribution in [0.2, 0.25) is 0 Å². The molecule has 0 aromatic heterocycles. The second kappa shape index (κ2) is 7.21. The summed E-state index contributed by atoms with van der Waals surface area (Å²) < 4.78 is 0. The summed E-state index contributed by atoms with van der Waals surface area (Å²) in [5.41, 5.74) is 3.32. The van der Waals surface area contributed by atoms with Gasteiger partial charge in [0.2, 0.25) is 0 Å².